The Morgan fingerprint density at radius 2 is 2.31 bits per heavy atom. The lowest BCUT2D eigenvalue weighted by Crippen LogP contribution is -2.06. The Hall–Kier alpha value is -1.36. The molecule has 2 N–H and O–H groups in total. The topological polar surface area (TPSA) is 53.6 Å². The van der Waals surface area contributed by atoms with Crippen molar-refractivity contribution in [3.05, 3.63) is 40.5 Å². The van der Waals surface area contributed by atoms with E-state index in [1.165, 1.54) is 5.56 Å². The number of aromatic nitrogens is 3. The molecule has 0 bridgehead atoms. The predicted molar refractivity (Wildman–Crippen MR) is 67.5 cm³/mol. The van der Waals surface area contributed by atoms with Crippen LogP contribution < -0.4 is 5.32 Å². The molecular weight excluding hydrogens is 268 g/mol. The van der Waals surface area contributed by atoms with Gasteiger partial charge < -0.3 is 10.3 Å². The first kappa shape index (κ1) is 11.1. The van der Waals surface area contributed by atoms with Crippen molar-refractivity contribution in [2.75, 3.05) is 11.9 Å². The molecule has 0 aliphatic rings. The minimum absolute atomic E-state index is 0.844. The number of hydrogen-bond donors (Lipinski definition) is 2. The fraction of sp³-hybridized carbons (Fsp3) is 0.273. The largest absolute Gasteiger partial charge is 0.370 e. The zero-order valence-corrected chi connectivity index (χ0v) is 10.6. The summed E-state index contributed by atoms with van der Waals surface area (Å²) in [6.45, 7) is 2.89. The van der Waals surface area contributed by atoms with Crippen LogP contribution in [0.15, 0.2) is 29.3 Å². The van der Waals surface area contributed by atoms with Gasteiger partial charge in [-0.1, -0.05) is 0 Å². The Balaban J connectivity index is 1.87. The van der Waals surface area contributed by atoms with Crippen molar-refractivity contribution < 1.29 is 0 Å². The highest BCUT2D eigenvalue weighted by atomic mass is 79.9. The molecule has 0 amide bonds. The summed E-state index contributed by atoms with van der Waals surface area (Å²) in [5.41, 5.74) is 2.31. The smallest absolute Gasteiger partial charge is 0.126 e. The summed E-state index contributed by atoms with van der Waals surface area (Å²) < 4.78 is 1.03. The van der Waals surface area contributed by atoms with E-state index in [1.54, 1.807) is 6.33 Å². The van der Waals surface area contributed by atoms with Crippen molar-refractivity contribution in [3.63, 3.8) is 0 Å². The number of imidazole rings is 1. The normalized spacial score (nSPS) is 10.4. The van der Waals surface area contributed by atoms with Crippen LogP contribution in [0.1, 0.15) is 11.3 Å². The number of nitrogens with zero attached hydrogens (tertiary/aromatic N) is 2. The minimum atomic E-state index is 0.844. The monoisotopic (exact) mass is 280 g/mol. The van der Waals surface area contributed by atoms with Crippen LogP contribution >= 0.6 is 15.9 Å². The Labute approximate surface area is 103 Å². The van der Waals surface area contributed by atoms with Crippen molar-refractivity contribution in [2.45, 2.75) is 13.3 Å². The molecule has 0 fully saturated rings. The van der Waals surface area contributed by atoms with Gasteiger partial charge in [-0.2, -0.15) is 0 Å². The molecule has 0 atom stereocenters. The zero-order chi connectivity index (χ0) is 11.4. The van der Waals surface area contributed by atoms with Gasteiger partial charge >= 0.3 is 0 Å². The predicted octanol–water partition coefficient (Wildman–Crippen LogP) is 2.53. The van der Waals surface area contributed by atoms with Crippen LogP contribution in [0.4, 0.5) is 5.82 Å². The molecule has 0 aliphatic carbocycles. The summed E-state index contributed by atoms with van der Waals surface area (Å²) in [5, 5.41) is 3.27. The lowest BCUT2D eigenvalue weighted by Gasteiger charge is -2.06. The number of halogens is 1. The molecule has 0 saturated carbocycles. The molecule has 2 rings (SSSR count). The fourth-order valence-electron chi connectivity index (χ4n) is 1.38. The molecule has 0 aliphatic heterocycles. The first-order valence-corrected chi connectivity index (χ1v) is 5.88. The van der Waals surface area contributed by atoms with Crippen molar-refractivity contribution in [2.24, 2.45) is 0 Å². The standard InChI is InChI=1S/C11H13BrN4/c1-8-4-11(15-6-10(8)12)14-3-2-9-5-13-7-16-9/h4-7H,2-3H2,1H3,(H,13,16)(H,14,15). The second-order valence-electron chi connectivity index (χ2n) is 3.57. The number of rotatable bonds is 4. The number of aryl methyl sites for hydroxylation is 1. The van der Waals surface area contributed by atoms with Gasteiger partial charge in [0.25, 0.3) is 0 Å². The molecule has 0 spiro atoms. The molecule has 84 valence electrons. The van der Waals surface area contributed by atoms with Crippen LogP contribution in [-0.4, -0.2) is 21.5 Å². The number of pyridine rings is 1. The van der Waals surface area contributed by atoms with E-state index >= 15 is 0 Å². The van der Waals surface area contributed by atoms with Crippen LogP contribution in [0.5, 0.6) is 0 Å². The molecule has 5 heteroatoms. The Bertz CT molecular complexity index is 453. The summed E-state index contributed by atoms with van der Waals surface area (Å²) >= 11 is 3.43. The number of H-pyrrole nitrogens is 1. The van der Waals surface area contributed by atoms with Gasteiger partial charge in [0, 0.05) is 35.5 Å². The molecule has 0 aromatic carbocycles. The van der Waals surface area contributed by atoms with Crippen molar-refractivity contribution in [1.29, 1.82) is 0 Å². The van der Waals surface area contributed by atoms with Gasteiger partial charge in [-0.25, -0.2) is 9.97 Å². The molecule has 4 nitrogen and oxygen atoms in total. The summed E-state index contributed by atoms with van der Waals surface area (Å²) in [4.78, 5) is 11.3. The van der Waals surface area contributed by atoms with Gasteiger partial charge in [-0.15, -0.1) is 0 Å². The number of aromatic amines is 1. The summed E-state index contributed by atoms with van der Waals surface area (Å²) in [5.74, 6) is 0.903. The van der Waals surface area contributed by atoms with Gasteiger partial charge in [0.2, 0.25) is 0 Å². The van der Waals surface area contributed by atoms with Crippen LogP contribution in [-0.2, 0) is 6.42 Å². The van der Waals surface area contributed by atoms with Gasteiger partial charge in [0.05, 0.1) is 6.33 Å². The van der Waals surface area contributed by atoms with Crippen molar-refractivity contribution in [3.8, 4) is 0 Å². The Morgan fingerprint density at radius 1 is 1.44 bits per heavy atom. The molecule has 0 radical (unpaired) electrons. The third-order valence-electron chi connectivity index (χ3n) is 2.30. The minimum Gasteiger partial charge on any atom is -0.370 e. The second kappa shape index (κ2) is 5.12. The molecule has 0 saturated heterocycles. The van der Waals surface area contributed by atoms with Crippen molar-refractivity contribution >= 4 is 21.7 Å². The second-order valence-corrected chi connectivity index (χ2v) is 4.43. The summed E-state index contributed by atoms with van der Waals surface area (Å²) in [6, 6.07) is 2.02. The number of nitrogens with one attached hydrogen (secondary N) is 2. The summed E-state index contributed by atoms with van der Waals surface area (Å²) in [7, 11) is 0. The van der Waals surface area contributed by atoms with E-state index in [9.17, 15) is 0 Å². The SMILES string of the molecule is Cc1cc(NCCc2cnc[nH]2)ncc1Br. The maximum absolute atomic E-state index is 4.27. The average molecular weight is 281 g/mol. The molecular formula is C11H13BrN4. The Kier molecular flexibility index (Phi) is 3.56. The zero-order valence-electron chi connectivity index (χ0n) is 9.00. The lowest BCUT2D eigenvalue weighted by molar-refractivity contribution is 0.967. The third kappa shape index (κ3) is 2.82. The molecule has 2 heterocycles. The van der Waals surface area contributed by atoms with E-state index in [0.717, 1.165) is 29.0 Å². The first-order valence-electron chi connectivity index (χ1n) is 5.09. The highest BCUT2D eigenvalue weighted by Crippen LogP contribution is 2.16. The van der Waals surface area contributed by atoms with Gasteiger partial charge in [0.15, 0.2) is 0 Å². The van der Waals surface area contributed by atoms with E-state index in [1.807, 2.05) is 25.4 Å². The van der Waals surface area contributed by atoms with E-state index in [-0.39, 0.29) is 0 Å². The highest BCUT2D eigenvalue weighted by molar-refractivity contribution is 9.10. The van der Waals surface area contributed by atoms with E-state index in [0.29, 0.717) is 0 Å². The molecule has 0 unspecified atom stereocenters. The van der Waals surface area contributed by atoms with E-state index in [2.05, 4.69) is 36.2 Å². The summed E-state index contributed by atoms with van der Waals surface area (Å²) in [6.07, 6.45) is 6.25. The maximum atomic E-state index is 4.27. The van der Waals surface area contributed by atoms with Crippen LogP contribution in [0.2, 0.25) is 0 Å². The number of hydrogen-bond acceptors (Lipinski definition) is 3. The maximum Gasteiger partial charge on any atom is 0.126 e. The fourth-order valence-corrected chi connectivity index (χ4v) is 1.60. The van der Waals surface area contributed by atoms with E-state index in [4.69, 9.17) is 0 Å². The van der Waals surface area contributed by atoms with Gasteiger partial charge in [-0.05, 0) is 34.5 Å². The number of anilines is 1. The third-order valence-corrected chi connectivity index (χ3v) is 3.13. The molecule has 2 aromatic rings. The first-order chi connectivity index (χ1) is 7.75. The molecule has 16 heavy (non-hydrogen) atoms. The van der Waals surface area contributed by atoms with Crippen LogP contribution in [0.3, 0.4) is 0 Å². The van der Waals surface area contributed by atoms with E-state index < -0.39 is 0 Å². The van der Waals surface area contributed by atoms with Gasteiger partial charge in [-0.3, -0.25) is 0 Å². The quantitative estimate of drug-likeness (QED) is 0.905. The molecule has 2 aromatic heterocycles. The van der Waals surface area contributed by atoms with Crippen LogP contribution in [0, 0.1) is 6.92 Å². The highest BCUT2D eigenvalue weighted by Gasteiger charge is 1.99. The Morgan fingerprint density at radius 3 is 3.00 bits per heavy atom. The average Bonchev–Trinajstić information content (AvgIpc) is 2.76. The van der Waals surface area contributed by atoms with Crippen molar-refractivity contribution in [1.82, 2.24) is 15.0 Å². The lowest BCUT2D eigenvalue weighted by atomic mass is 10.3. The van der Waals surface area contributed by atoms with Crippen LogP contribution in [0.25, 0.3) is 0 Å². The van der Waals surface area contributed by atoms with Gasteiger partial charge in [0.1, 0.15) is 5.82 Å².